The van der Waals surface area contributed by atoms with E-state index in [0.29, 0.717) is 11.8 Å². The number of benzene rings is 1. The van der Waals surface area contributed by atoms with E-state index in [1.54, 1.807) is 0 Å². The summed E-state index contributed by atoms with van der Waals surface area (Å²) in [5, 5.41) is 0. The lowest BCUT2D eigenvalue weighted by Crippen LogP contribution is -2.34. The van der Waals surface area contributed by atoms with Crippen LogP contribution in [0.3, 0.4) is 0 Å². The van der Waals surface area contributed by atoms with Gasteiger partial charge >= 0.3 is 0 Å². The summed E-state index contributed by atoms with van der Waals surface area (Å²) < 4.78 is 0. The Balaban J connectivity index is 1.82. The molecule has 2 heterocycles. The Morgan fingerprint density at radius 3 is 2.61 bits per heavy atom. The molecule has 0 aliphatic carbocycles. The van der Waals surface area contributed by atoms with Crippen LogP contribution >= 0.6 is 0 Å². The highest BCUT2D eigenvalue weighted by molar-refractivity contribution is 6.07. The Morgan fingerprint density at radius 1 is 1.28 bits per heavy atom. The highest BCUT2D eigenvalue weighted by Crippen LogP contribution is 2.33. The molecule has 1 aromatic rings. The SMILES string of the molecule is CC(C)C1N=C2CC(c3ccccc3)CN2C1=O. The third kappa shape index (κ3) is 1.74. The van der Waals surface area contributed by atoms with E-state index in [9.17, 15) is 4.79 Å². The van der Waals surface area contributed by atoms with Gasteiger partial charge in [-0.15, -0.1) is 0 Å². The zero-order valence-electron chi connectivity index (χ0n) is 10.8. The minimum absolute atomic E-state index is 0.142. The summed E-state index contributed by atoms with van der Waals surface area (Å²) in [6.45, 7) is 4.91. The Morgan fingerprint density at radius 2 is 2.00 bits per heavy atom. The van der Waals surface area contributed by atoms with Crippen LogP contribution in [0.4, 0.5) is 0 Å². The molecular formula is C15H18N2O. The van der Waals surface area contributed by atoms with Crippen LogP contribution < -0.4 is 0 Å². The first-order valence-corrected chi connectivity index (χ1v) is 6.60. The van der Waals surface area contributed by atoms with Gasteiger partial charge in [0.25, 0.3) is 5.91 Å². The van der Waals surface area contributed by atoms with E-state index in [4.69, 9.17) is 0 Å². The Hall–Kier alpha value is -1.64. The van der Waals surface area contributed by atoms with Gasteiger partial charge in [-0.2, -0.15) is 0 Å². The minimum atomic E-state index is -0.142. The zero-order valence-corrected chi connectivity index (χ0v) is 10.8. The lowest BCUT2D eigenvalue weighted by Gasteiger charge is -2.16. The normalized spacial score (nSPS) is 26.7. The number of fused-ring (bicyclic) bond motifs is 1. The van der Waals surface area contributed by atoms with Crippen molar-refractivity contribution in [2.45, 2.75) is 32.2 Å². The Bertz CT molecular complexity index is 492. The number of amides is 1. The molecule has 0 bridgehead atoms. The van der Waals surface area contributed by atoms with Crippen molar-refractivity contribution in [3.05, 3.63) is 35.9 Å². The van der Waals surface area contributed by atoms with E-state index in [1.165, 1.54) is 5.56 Å². The second kappa shape index (κ2) is 4.23. The number of rotatable bonds is 2. The molecule has 0 aromatic heterocycles. The molecule has 1 fully saturated rings. The topological polar surface area (TPSA) is 32.7 Å². The summed E-state index contributed by atoms with van der Waals surface area (Å²) in [4.78, 5) is 18.7. The first-order chi connectivity index (χ1) is 8.66. The quantitative estimate of drug-likeness (QED) is 0.784. The van der Waals surface area contributed by atoms with Crippen molar-refractivity contribution in [1.82, 2.24) is 4.90 Å². The molecule has 94 valence electrons. The first-order valence-electron chi connectivity index (χ1n) is 6.60. The van der Waals surface area contributed by atoms with E-state index < -0.39 is 0 Å². The van der Waals surface area contributed by atoms with Crippen LogP contribution in [-0.4, -0.2) is 29.2 Å². The number of carbonyl (C=O) groups is 1. The summed E-state index contributed by atoms with van der Waals surface area (Å²) in [5.74, 6) is 1.90. The molecule has 2 aliphatic rings. The third-order valence-electron chi connectivity index (χ3n) is 3.85. The molecule has 3 nitrogen and oxygen atoms in total. The average Bonchev–Trinajstić information content (AvgIpc) is 2.91. The third-order valence-corrected chi connectivity index (χ3v) is 3.85. The molecule has 2 aliphatic heterocycles. The number of amidine groups is 1. The van der Waals surface area contributed by atoms with Gasteiger partial charge < -0.3 is 0 Å². The van der Waals surface area contributed by atoms with E-state index >= 15 is 0 Å². The Kier molecular flexibility index (Phi) is 2.69. The average molecular weight is 242 g/mol. The van der Waals surface area contributed by atoms with Gasteiger partial charge in [-0.3, -0.25) is 14.7 Å². The maximum absolute atomic E-state index is 12.2. The van der Waals surface area contributed by atoms with Gasteiger partial charge in [-0.05, 0) is 11.5 Å². The number of hydrogen-bond donors (Lipinski definition) is 0. The molecule has 1 saturated heterocycles. The van der Waals surface area contributed by atoms with Crippen molar-refractivity contribution in [2.24, 2.45) is 10.9 Å². The van der Waals surface area contributed by atoms with E-state index in [-0.39, 0.29) is 11.9 Å². The van der Waals surface area contributed by atoms with Crippen LogP contribution in [0, 0.1) is 5.92 Å². The predicted octanol–water partition coefficient (Wildman–Crippen LogP) is 2.44. The maximum atomic E-state index is 12.2. The number of nitrogens with zero attached hydrogens (tertiary/aromatic N) is 2. The lowest BCUT2D eigenvalue weighted by atomic mass is 9.97. The van der Waals surface area contributed by atoms with Crippen molar-refractivity contribution in [2.75, 3.05) is 6.54 Å². The van der Waals surface area contributed by atoms with Crippen LogP contribution in [-0.2, 0) is 4.79 Å². The van der Waals surface area contributed by atoms with E-state index in [2.05, 4.69) is 43.1 Å². The second-order valence-electron chi connectivity index (χ2n) is 5.49. The van der Waals surface area contributed by atoms with Crippen LogP contribution in [0.5, 0.6) is 0 Å². The predicted molar refractivity (Wildman–Crippen MR) is 71.6 cm³/mol. The van der Waals surface area contributed by atoms with Crippen molar-refractivity contribution in [3.63, 3.8) is 0 Å². The molecular weight excluding hydrogens is 224 g/mol. The molecule has 0 N–H and O–H groups in total. The largest absolute Gasteiger partial charge is 0.298 e. The second-order valence-corrected chi connectivity index (χ2v) is 5.49. The number of aliphatic imine (C=N–C) groups is 1. The summed E-state index contributed by atoms with van der Waals surface area (Å²) in [6.07, 6.45) is 0.902. The van der Waals surface area contributed by atoms with Crippen molar-refractivity contribution >= 4 is 11.7 Å². The van der Waals surface area contributed by atoms with E-state index in [1.807, 2.05) is 11.0 Å². The zero-order chi connectivity index (χ0) is 12.7. The highest BCUT2D eigenvalue weighted by Gasteiger charge is 2.42. The van der Waals surface area contributed by atoms with Gasteiger partial charge in [-0.1, -0.05) is 44.2 Å². The summed E-state index contributed by atoms with van der Waals surface area (Å²) in [5.41, 5.74) is 1.31. The molecule has 0 spiro atoms. The fourth-order valence-electron chi connectivity index (χ4n) is 2.82. The van der Waals surface area contributed by atoms with Crippen LogP contribution in [0.15, 0.2) is 35.3 Å². The minimum Gasteiger partial charge on any atom is -0.298 e. The molecule has 3 heteroatoms. The Labute approximate surface area is 108 Å². The first kappa shape index (κ1) is 11.5. The number of hydrogen-bond acceptors (Lipinski definition) is 2. The summed E-state index contributed by atoms with van der Waals surface area (Å²) in [6, 6.07) is 10.3. The smallest absolute Gasteiger partial charge is 0.253 e. The van der Waals surface area contributed by atoms with Gasteiger partial charge in [-0.25, -0.2) is 0 Å². The van der Waals surface area contributed by atoms with Crippen LogP contribution in [0.2, 0.25) is 0 Å². The van der Waals surface area contributed by atoms with Gasteiger partial charge in [0, 0.05) is 18.9 Å². The number of carbonyl (C=O) groups excluding carboxylic acids is 1. The molecule has 0 saturated carbocycles. The van der Waals surface area contributed by atoms with Crippen LogP contribution in [0.1, 0.15) is 31.7 Å². The molecule has 2 atom stereocenters. The van der Waals surface area contributed by atoms with Crippen molar-refractivity contribution in [1.29, 1.82) is 0 Å². The van der Waals surface area contributed by atoms with Crippen molar-refractivity contribution in [3.8, 4) is 0 Å². The van der Waals surface area contributed by atoms with Crippen LogP contribution in [0.25, 0.3) is 0 Å². The molecule has 0 radical (unpaired) electrons. The van der Waals surface area contributed by atoms with Gasteiger partial charge in [0.15, 0.2) is 0 Å². The lowest BCUT2D eigenvalue weighted by molar-refractivity contribution is -0.127. The monoisotopic (exact) mass is 242 g/mol. The summed E-state index contributed by atoms with van der Waals surface area (Å²) >= 11 is 0. The standard InChI is InChI=1S/C15H18N2O/c1-10(2)14-15(18)17-9-12(8-13(17)16-14)11-6-4-3-5-7-11/h3-7,10,12,14H,8-9H2,1-2H3. The highest BCUT2D eigenvalue weighted by atomic mass is 16.2. The molecule has 1 amide bonds. The molecule has 18 heavy (non-hydrogen) atoms. The molecule has 2 unspecified atom stereocenters. The van der Waals surface area contributed by atoms with Crippen molar-refractivity contribution < 1.29 is 4.79 Å². The van der Waals surface area contributed by atoms with Gasteiger partial charge in [0.2, 0.25) is 0 Å². The van der Waals surface area contributed by atoms with Gasteiger partial charge in [0.1, 0.15) is 11.9 Å². The summed E-state index contributed by atoms with van der Waals surface area (Å²) in [7, 11) is 0. The fourth-order valence-corrected chi connectivity index (χ4v) is 2.82. The molecule has 1 aromatic carbocycles. The maximum Gasteiger partial charge on any atom is 0.253 e. The van der Waals surface area contributed by atoms with Gasteiger partial charge in [0.05, 0.1) is 0 Å². The molecule has 3 rings (SSSR count). The fraction of sp³-hybridized carbons (Fsp3) is 0.467. The van der Waals surface area contributed by atoms with E-state index in [0.717, 1.165) is 18.8 Å².